The van der Waals surface area contributed by atoms with E-state index in [0.29, 0.717) is 0 Å². The predicted octanol–water partition coefficient (Wildman–Crippen LogP) is 9.97. The Morgan fingerprint density at radius 3 is 1.87 bits per heavy atom. The summed E-state index contributed by atoms with van der Waals surface area (Å²) in [4.78, 5) is 2.39. The Morgan fingerprint density at radius 2 is 1.13 bits per heavy atom. The van der Waals surface area contributed by atoms with Crippen LogP contribution in [0.1, 0.15) is 30.5 Å². The molecule has 2 aromatic heterocycles. The minimum absolute atomic E-state index is 0.122. The van der Waals surface area contributed by atoms with Gasteiger partial charge in [-0.15, -0.1) is 0 Å². The number of hydrogen-bond donors (Lipinski definition) is 0. The summed E-state index contributed by atoms with van der Waals surface area (Å²) in [6.45, 7) is 7.25. The first kappa shape index (κ1) is 29.5. The van der Waals surface area contributed by atoms with Crippen LogP contribution in [0.3, 0.4) is 0 Å². The summed E-state index contributed by atoms with van der Waals surface area (Å²) in [5.74, 6) is 0. The second-order valence-electron chi connectivity index (χ2n) is 15.0. The summed E-state index contributed by atoms with van der Waals surface area (Å²) >= 11 is 0. The number of aromatic nitrogens is 2. The highest BCUT2D eigenvalue weighted by molar-refractivity contribution is 6.99. The van der Waals surface area contributed by atoms with Gasteiger partial charge in [0.05, 0.1) is 22.1 Å². The molecule has 0 unspecified atom stereocenters. The number of rotatable bonds is 4. The molecular weight excluding hydrogens is 629 g/mol. The van der Waals surface area contributed by atoms with Crippen molar-refractivity contribution in [1.29, 1.82) is 0 Å². The third-order valence-electron chi connectivity index (χ3n) is 11.8. The molecule has 246 valence electrons. The number of nitrogens with zero attached hydrogens (tertiary/aromatic N) is 3. The van der Waals surface area contributed by atoms with Crippen LogP contribution in [0.5, 0.6) is 0 Å². The van der Waals surface area contributed by atoms with Crippen molar-refractivity contribution in [3.63, 3.8) is 0 Å². The number of para-hydroxylation sites is 5. The second-order valence-corrected chi connectivity index (χ2v) is 15.0. The molecule has 0 aliphatic carbocycles. The molecule has 4 heteroatoms. The molecule has 9 aromatic rings. The van der Waals surface area contributed by atoms with Gasteiger partial charge in [-0.3, -0.25) is 0 Å². The molecule has 7 aromatic carbocycles. The van der Waals surface area contributed by atoms with Crippen molar-refractivity contribution in [2.75, 3.05) is 4.90 Å². The highest BCUT2D eigenvalue weighted by atomic mass is 15.1. The van der Waals surface area contributed by atoms with E-state index in [0.717, 1.165) is 11.4 Å². The average molecular weight is 666 g/mol. The molecule has 0 spiro atoms. The largest absolute Gasteiger partial charge is 0.310 e. The first-order valence-corrected chi connectivity index (χ1v) is 18.3. The minimum Gasteiger partial charge on any atom is -0.310 e. The molecule has 0 radical (unpaired) electrons. The Morgan fingerprint density at radius 1 is 0.500 bits per heavy atom. The lowest BCUT2D eigenvalue weighted by atomic mass is 9.30. The summed E-state index contributed by atoms with van der Waals surface area (Å²) in [6.07, 6.45) is 0. The second kappa shape index (κ2) is 10.6. The zero-order valence-corrected chi connectivity index (χ0v) is 29.5. The van der Waals surface area contributed by atoms with Gasteiger partial charge in [-0.1, -0.05) is 122 Å². The van der Waals surface area contributed by atoms with Crippen LogP contribution in [-0.2, 0) is 5.41 Å². The van der Waals surface area contributed by atoms with Crippen LogP contribution in [0.2, 0.25) is 0 Å². The molecule has 2 aliphatic rings. The van der Waals surface area contributed by atoms with Crippen LogP contribution in [-0.4, -0.2) is 15.8 Å². The van der Waals surface area contributed by atoms with E-state index in [1.54, 1.807) is 0 Å². The quantitative estimate of drug-likeness (QED) is 0.171. The highest BCUT2D eigenvalue weighted by Crippen LogP contribution is 2.45. The maximum absolute atomic E-state index is 2.62. The van der Waals surface area contributed by atoms with Gasteiger partial charge in [0.1, 0.15) is 0 Å². The average Bonchev–Trinajstić information content (AvgIpc) is 3.70. The molecule has 0 N–H and O–H groups in total. The summed E-state index contributed by atoms with van der Waals surface area (Å²) in [7, 11) is 0. The van der Waals surface area contributed by atoms with Crippen molar-refractivity contribution >= 4 is 73.0 Å². The zero-order chi connectivity index (χ0) is 34.7. The van der Waals surface area contributed by atoms with E-state index in [2.05, 4.69) is 199 Å². The predicted molar refractivity (Wildman–Crippen MR) is 220 cm³/mol. The Labute approximate surface area is 304 Å². The van der Waals surface area contributed by atoms with E-state index >= 15 is 0 Å². The Bertz CT molecular complexity index is 2840. The third-order valence-corrected chi connectivity index (χ3v) is 11.8. The van der Waals surface area contributed by atoms with Gasteiger partial charge in [0.25, 0.3) is 0 Å². The molecule has 3 nitrogen and oxygen atoms in total. The monoisotopic (exact) mass is 665 g/mol. The first-order chi connectivity index (χ1) is 25.5. The van der Waals surface area contributed by atoms with E-state index in [4.69, 9.17) is 0 Å². The fourth-order valence-corrected chi connectivity index (χ4v) is 9.62. The Kier molecular flexibility index (Phi) is 6.03. The molecule has 0 saturated carbocycles. The normalized spacial score (nSPS) is 13.8. The summed E-state index contributed by atoms with van der Waals surface area (Å²) in [5.41, 5.74) is 19.2. The maximum Gasteiger partial charge on any atom is 0.247 e. The molecule has 0 fully saturated rings. The van der Waals surface area contributed by atoms with Crippen LogP contribution in [0.25, 0.3) is 44.2 Å². The number of benzene rings is 7. The molecule has 4 heterocycles. The standard InChI is InChI=1S/C48H36BN3/c1-31-28-39-44-43(29-31)52-45-37(47-46(52)36-22-13-14-25-42(36)51(47)34-20-11-6-12-21-34)23-15-24-41(45)49(44)40-27-26-35(30-38(40)48(39,2)3)50(32-16-7-4-8-17-32)33-18-9-5-10-19-33/h4-30H,1-3H3. The van der Waals surface area contributed by atoms with Crippen molar-refractivity contribution in [2.24, 2.45) is 0 Å². The number of anilines is 3. The molecule has 52 heavy (non-hydrogen) atoms. The van der Waals surface area contributed by atoms with Crippen molar-refractivity contribution in [3.05, 3.63) is 180 Å². The van der Waals surface area contributed by atoms with Crippen LogP contribution >= 0.6 is 0 Å². The van der Waals surface area contributed by atoms with E-state index in [1.165, 1.54) is 83.0 Å². The fraction of sp³-hybridized carbons (Fsp3) is 0.0833. The zero-order valence-electron chi connectivity index (χ0n) is 29.5. The van der Waals surface area contributed by atoms with Gasteiger partial charge in [-0.25, -0.2) is 0 Å². The summed E-state index contributed by atoms with van der Waals surface area (Å²) in [6, 6.07) is 60.4. The van der Waals surface area contributed by atoms with E-state index in [1.807, 2.05) is 0 Å². The summed E-state index contributed by atoms with van der Waals surface area (Å²) < 4.78 is 5.10. The van der Waals surface area contributed by atoms with Gasteiger partial charge >= 0.3 is 0 Å². The molecular formula is C48H36BN3. The van der Waals surface area contributed by atoms with E-state index in [9.17, 15) is 0 Å². The topological polar surface area (TPSA) is 13.1 Å². The highest BCUT2D eigenvalue weighted by Gasteiger charge is 2.45. The lowest BCUT2D eigenvalue weighted by molar-refractivity contribution is 0.645. The van der Waals surface area contributed by atoms with Gasteiger partial charge in [0.2, 0.25) is 6.71 Å². The lowest BCUT2D eigenvalue weighted by Crippen LogP contribution is -2.63. The van der Waals surface area contributed by atoms with Gasteiger partial charge in [-0.2, -0.15) is 0 Å². The van der Waals surface area contributed by atoms with Crippen LogP contribution in [0.15, 0.2) is 164 Å². The Hall–Kier alpha value is -6.26. The number of aryl methyl sites for hydroxylation is 1. The molecule has 2 aliphatic heterocycles. The van der Waals surface area contributed by atoms with Crippen LogP contribution in [0.4, 0.5) is 17.1 Å². The molecule has 0 amide bonds. The molecule has 0 atom stereocenters. The van der Waals surface area contributed by atoms with Crippen molar-refractivity contribution in [3.8, 4) is 11.4 Å². The third kappa shape index (κ3) is 3.87. The van der Waals surface area contributed by atoms with Gasteiger partial charge < -0.3 is 14.0 Å². The van der Waals surface area contributed by atoms with Crippen LogP contribution in [0, 0.1) is 6.92 Å². The summed E-state index contributed by atoms with van der Waals surface area (Å²) in [5, 5.41) is 2.57. The lowest BCUT2D eigenvalue weighted by Gasteiger charge is -2.42. The van der Waals surface area contributed by atoms with Crippen LogP contribution < -0.4 is 21.3 Å². The Balaban J connectivity index is 1.23. The number of hydrogen-bond acceptors (Lipinski definition) is 1. The molecule has 0 bridgehead atoms. The maximum atomic E-state index is 2.62. The van der Waals surface area contributed by atoms with E-state index in [-0.39, 0.29) is 12.1 Å². The minimum atomic E-state index is -0.229. The van der Waals surface area contributed by atoms with Crippen molar-refractivity contribution in [2.45, 2.75) is 26.2 Å². The van der Waals surface area contributed by atoms with Gasteiger partial charge in [0.15, 0.2) is 0 Å². The smallest absolute Gasteiger partial charge is 0.247 e. The fourth-order valence-electron chi connectivity index (χ4n) is 9.62. The van der Waals surface area contributed by atoms with E-state index < -0.39 is 0 Å². The van der Waals surface area contributed by atoms with Crippen molar-refractivity contribution in [1.82, 2.24) is 9.13 Å². The van der Waals surface area contributed by atoms with Gasteiger partial charge in [0, 0.05) is 44.6 Å². The molecule has 0 saturated heterocycles. The molecule has 11 rings (SSSR count). The number of fused-ring (bicyclic) bond motifs is 9. The SMILES string of the molecule is Cc1cc2c3c(c1)C(C)(C)c1cc(N(c4ccccc4)c4ccccc4)ccc1B3c1cccc3c1n-2c1c2ccccc2n(-c2ccccc2)c31. The van der Waals surface area contributed by atoms with Crippen molar-refractivity contribution < 1.29 is 0 Å². The van der Waals surface area contributed by atoms with Gasteiger partial charge in [-0.05, 0) is 95.2 Å². The first-order valence-electron chi connectivity index (χ1n) is 18.3.